The molecule has 8 heteroatoms. The number of hydrogen-bond donors (Lipinski definition) is 0. The van der Waals surface area contributed by atoms with E-state index in [-0.39, 0.29) is 5.91 Å². The lowest BCUT2D eigenvalue weighted by Crippen LogP contribution is -2.40. The molecule has 1 amide bonds. The zero-order valence-corrected chi connectivity index (χ0v) is 18.0. The van der Waals surface area contributed by atoms with E-state index < -0.39 is 0 Å². The van der Waals surface area contributed by atoms with E-state index in [1.165, 1.54) is 0 Å². The maximum atomic E-state index is 12.6. The van der Waals surface area contributed by atoms with Crippen molar-refractivity contribution < 1.29 is 14.3 Å². The van der Waals surface area contributed by atoms with Crippen LogP contribution in [-0.2, 0) is 4.74 Å². The summed E-state index contributed by atoms with van der Waals surface area (Å²) < 4.78 is 13.1. The van der Waals surface area contributed by atoms with Gasteiger partial charge in [-0.3, -0.25) is 4.79 Å². The molecule has 0 unspecified atom stereocenters. The molecule has 0 N–H and O–H groups in total. The molecule has 3 aromatic rings. The Morgan fingerprint density at radius 3 is 2.52 bits per heavy atom. The Labute approximate surface area is 185 Å². The first-order valence-corrected chi connectivity index (χ1v) is 10.3. The van der Waals surface area contributed by atoms with Gasteiger partial charge in [-0.1, -0.05) is 11.6 Å². The van der Waals surface area contributed by atoms with Crippen molar-refractivity contribution in [2.24, 2.45) is 0 Å². The molecule has 1 fully saturated rings. The highest BCUT2D eigenvalue weighted by molar-refractivity contribution is 6.31. The molecule has 0 aliphatic carbocycles. The van der Waals surface area contributed by atoms with Crippen molar-refractivity contribution in [3.05, 3.63) is 70.0 Å². The standard InChI is InChI=1S/C23H21ClN4O3/c1-15-22(16(2)28(26-15)19-6-3-18(14-25)21(24)13-19)31-20-7-4-17(5-8-20)23(29)27-9-11-30-12-10-27/h3-8,13H,9-12H2,1-2H3. The minimum Gasteiger partial charge on any atom is -0.453 e. The summed E-state index contributed by atoms with van der Waals surface area (Å²) >= 11 is 6.17. The van der Waals surface area contributed by atoms with Crippen LogP contribution < -0.4 is 4.74 Å². The van der Waals surface area contributed by atoms with E-state index in [1.807, 2.05) is 13.8 Å². The van der Waals surface area contributed by atoms with Crippen LogP contribution in [0.2, 0.25) is 5.02 Å². The minimum atomic E-state index is -0.00674. The number of hydrogen-bond acceptors (Lipinski definition) is 5. The van der Waals surface area contributed by atoms with Crippen LogP contribution in [0.3, 0.4) is 0 Å². The van der Waals surface area contributed by atoms with Crippen LogP contribution in [0.25, 0.3) is 5.69 Å². The van der Waals surface area contributed by atoms with Crippen LogP contribution in [0.15, 0.2) is 42.5 Å². The molecule has 0 spiro atoms. The van der Waals surface area contributed by atoms with Gasteiger partial charge in [0.25, 0.3) is 5.91 Å². The lowest BCUT2D eigenvalue weighted by molar-refractivity contribution is 0.0303. The summed E-state index contributed by atoms with van der Waals surface area (Å²) in [6.07, 6.45) is 0. The molecular weight excluding hydrogens is 416 g/mol. The van der Waals surface area contributed by atoms with Crippen LogP contribution >= 0.6 is 11.6 Å². The highest BCUT2D eigenvalue weighted by atomic mass is 35.5. The third kappa shape index (κ3) is 4.26. The largest absolute Gasteiger partial charge is 0.453 e. The van der Waals surface area contributed by atoms with Crippen molar-refractivity contribution in [1.82, 2.24) is 14.7 Å². The van der Waals surface area contributed by atoms with E-state index in [0.717, 1.165) is 11.4 Å². The SMILES string of the molecule is Cc1nn(-c2ccc(C#N)c(Cl)c2)c(C)c1Oc1ccc(C(=O)N2CCOCC2)cc1. The first-order valence-electron chi connectivity index (χ1n) is 9.89. The number of rotatable bonds is 4. The Morgan fingerprint density at radius 2 is 1.87 bits per heavy atom. The van der Waals surface area contributed by atoms with E-state index in [9.17, 15) is 4.79 Å². The zero-order chi connectivity index (χ0) is 22.0. The summed E-state index contributed by atoms with van der Waals surface area (Å²) in [5, 5.41) is 14.0. The Balaban J connectivity index is 1.54. The van der Waals surface area contributed by atoms with E-state index in [4.69, 9.17) is 26.3 Å². The van der Waals surface area contributed by atoms with Gasteiger partial charge in [-0.25, -0.2) is 4.68 Å². The molecule has 1 saturated heterocycles. The van der Waals surface area contributed by atoms with Gasteiger partial charge in [-0.2, -0.15) is 10.4 Å². The van der Waals surface area contributed by atoms with E-state index in [1.54, 1.807) is 52.0 Å². The first kappa shape index (κ1) is 20.9. The predicted octanol–water partition coefficient (Wildman–Crippen LogP) is 4.28. The van der Waals surface area contributed by atoms with Crippen molar-refractivity contribution in [2.45, 2.75) is 13.8 Å². The highest BCUT2D eigenvalue weighted by Crippen LogP contribution is 2.31. The number of carbonyl (C=O) groups excluding carboxylic acids is 1. The summed E-state index contributed by atoms with van der Waals surface area (Å²) in [4.78, 5) is 14.4. The summed E-state index contributed by atoms with van der Waals surface area (Å²) in [7, 11) is 0. The molecule has 1 aromatic heterocycles. The Kier molecular flexibility index (Phi) is 5.94. The van der Waals surface area contributed by atoms with Gasteiger partial charge in [0.15, 0.2) is 5.75 Å². The fourth-order valence-electron chi connectivity index (χ4n) is 3.49. The molecule has 0 atom stereocenters. The summed E-state index contributed by atoms with van der Waals surface area (Å²) in [5.74, 6) is 1.24. The molecule has 31 heavy (non-hydrogen) atoms. The number of carbonyl (C=O) groups is 1. The molecule has 1 aliphatic rings. The smallest absolute Gasteiger partial charge is 0.254 e. The Hall–Kier alpha value is -3.34. The number of aryl methyl sites for hydroxylation is 1. The summed E-state index contributed by atoms with van der Waals surface area (Å²) in [6, 6.07) is 14.3. The molecule has 2 heterocycles. The van der Waals surface area contributed by atoms with Gasteiger partial charge in [0.05, 0.1) is 35.2 Å². The fourth-order valence-corrected chi connectivity index (χ4v) is 3.70. The predicted molar refractivity (Wildman–Crippen MR) is 116 cm³/mol. The van der Waals surface area contributed by atoms with Crippen molar-refractivity contribution in [3.63, 3.8) is 0 Å². The third-order valence-electron chi connectivity index (χ3n) is 5.16. The molecule has 0 radical (unpaired) electrons. The number of nitriles is 1. The van der Waals surface area contributed by atoms with E-state index in [0.29, 0.717) is 59.6 Å². The molecule has 0 saturated carbocycles. The number of aromatic nitrogens is 2. The topological polar surface area (TPSA) is 80.4 Å². The second-order valence-electron chi connectivity index (χ2n) is 7.22. The lowest BCUT2D eigenvalue weighted by atomic mass is 10.2. The maximum absolute atomic E-state index is 12.6. The van der Waals surface area contributed by atoms with Gasteiger partial charge >= 0.3 is 0 Å². The van der Waals surface area contributed by atoms with E-state index in [2.05, 4.69) is 11.2 Å². The number of ether oxygens (including phenoxy) is 2. The second kappa shape index (κ2) is 8.80. The van der Waals surface area contributed by atoms with Crippen LogP contribution in [0, 0.1) is 25.2 Å². The number of morpholine rings is 1. The fraction of sp³-hybridized carbons (Fsp3) is 0.261. The minimum absolute atomic E-state index is 0.00674. The number of halogens is 1. The van der Waals surface area contributed by atoms with Gasteiger partial charge in [0.2, 0.25) is 0 Å². The number of amides is 1. The summed E-state index contributed by atoms with van der Waals surface area (Å²) in [5.41, 5.74) is 3.28. The van der Waals surface area contributed by atoms with E-state index >= 15 is 0 Å². The van der Waals surface area contributed by atoms with Crippen molar-refractivity contribution in [3.8, 4) is 23.3 Å². The first-order chi connectivity index (χ1) is 15.0. The van der Waals surface area contributed by atoms with Crippen molar-refractivity contribution in [2.75, 3.05) is 26.3 Å². The number of nitrogens with zero attached hydrogens (tertiary/aromatic N) is 4. The number of benzene rings is 2. The van der Waals surface area contributed by atoms with Gasteiger partial charge < -0.3 is 14.4 Å². The second-order valence-corrected chi connectivity index (χ2v) is 7.63. The average molecular weight is 437 g/mol. The maximum Gasteiger partial charge on any atom is 0.254 e. The zero-order valence-electron chi connectivity index (χ0n) is 17.3. The highest BCUT2D eigenvalue weighted by Gasteiger charge is 2.19. The van der Waals surface area contributed by atoms with Crippen LogP contribution in [-0.4, -0.2) is 46.9 Å². The molecule has 4 rings (SSSR count). The van der Waals surface area contributed by atoms with Crippen LogP contribution in [0.1, 0.15) is 27.3 Å². The Morgan fingerprint density at radius 1 is 1.16 bits per heavy atom. The van der Waals surface area contributed by atoms with Gasteiger partial charge in [-0.05, 0) is 56.3 Å². The van der Waals surface area contributed by atoms with Gasteiger partial charge in [-0.15, -0.1) is 0 Å². The molecule has 1 aliphatic heterocycles. The average Bonchev–Trinajstić information content (AvgIpc) is 3.08. The summed E-state index contributed by atoms with van der Waals surface area (Å²) in [6.45, 7) is 6.11. The molecule has 158 valence electrons. The van der Waals surface area contributed by atoms with Crippen LogP contribution in [0.4, 0.5) is 0 Å². The molecule has 2 aromatic carbocycles. The van der Waals surface area contributed by atoms with Crippen LogP contribution in [0.5, 0.6) is 11.5 Å². The normalized spacial score (nSPS) is 13.7. The monoisotopic (exact) mass is 436 g/mol. The lowest BCUT2D eigenvalue weighted by Gasteiger charge is -2.26. The molecular formula is C23H21ClN4O3. The molecule has 0 bridgehead atoms. The molecule has 7 nitrogen and oxygen atoms in total. The quantitative estimate of drug-likeness (QED) is 0.609. The van der Waals surface area contributed by atoms with Crippen molar-refractivity contribution >= 4 is 17.5 Å². The Bertz CT molecular complexity index is 1160. The van der Waals surface area contributed by atoms with Crippen molar-refractivity contribution in [1.29, 1.82) is 5.26 Å². The van der Waals surface area contributed by atoms with Gasteiger partial charge in [0, 0.05) is 18.7 Å². The third-order valence-corrected chi connectivity index (χ3v) is 5.47. The van der Waals surface area contributed by atoms with Gasteiger partial charge in [0.1, 0.15) is 17.5 Å².